The fourth-order valence-corrected chi connectivity index (χ4v) is 2.81. The maximum Gasteiger partial charge on any atom is 0.323 e. The lowest BCUT2D eigenvalue weighted by Crippen LogP contribution is -2.19. The third-order valence-electron chi connectivity index (χ3n) is 4.01. The minimum atomic E-state index is -0.306. The molecule has 2 N–H and O–H groups in total. The predicted octanol–water partition coefficient (Wildman–Crippen LogP) is 4.74. The largest absolute Gasteiger partial charge is 0.323 e. The first-order valence-electron chi connectivity index (χ1n) is 7.98. The lowest BCUT2D eigenvalue weighted by atomic mass is 10.1. The van der Waals surface area contributed by atoms with E-state index in [0.717, 1.165) is 27.5 Å². The summed E-state index contributed by atoms with van der Waals surface area (Å²) in [6.07, 6.45) is 3.46. The minimum Gasteiger partial charge on any atom is -0.308 e. The topological polar surface area (TPSA) is 66.9 Å². The predicted molar refractivity (Wildman–Crippen MR) is 101 cm³/mol. The Kier molecular flexibility index (Phi) is 3.74. The lowest BCUT2D eigenvalue weighted by molar-refractivity contribution is 0.262. The van der Waals surface area contributed by atoms with Gasteiger partial charge in [0, 0.05) is 28.9 Å². The van der Waals surface area contributed by atoms with Crippen LogP contribution in [0.1, 0.15) is 5.56 Å². The summed E-state index contributed by atoms with van der Waals surface area (Å²) in [5.41, 5.74) is 4.12. The number of hydrogen-bond donors (Lipinski definition) is 2. The van der Waals surface area contributed by atoms with E-state index in [2.05, 4.69) is 20.6 Å². The number of anilines is 2. The van der Waals surface area contributed by atoms with Gasteiger partial charge in [0.2, 0.25) is 0 Å². The Morgan fingerprint density at radius 2 is 1.60 bits per heavy atom. The number of rotatable bonds is 2. The highest BCUT2D eigenvalue weighted by Crippen LogP contribution is 2.29. The Balaban J connectivity index is 1.70. The summed E-state index contributed by atoms with van der Waals surface area (Å²) in [5.74, 6) is 0. The van der Waals surface area contributed by atoms with Crippen molar-refractivity contribution in [2.75, 3.05) is 10.6 Å². The van der Waals surface area contributed by atoms with Crippen molar-refractivity contribution in [3.63, 3.8) is 0 Å². The molecule has 2 aromatic carbocycles. The molecule has 4 rings (SSSR count). The molecule has 0 aliphatic heterocycles. The van der Waals surface area contributed by atoms with Crippen molar-refractivity contribution >= 4 is 39.2 Å². The number of carbonyl (C=O) groups is 1. The zero-order valence-electron chi connectivity index (χ0n) is 13.7. The molecule has 0 spiro atoms. The first-order valence-corrected chi connectivity index (χ1v) is 7.98. The van der Waals surface area contributed by atoms with E-state index >= 15 is 0 Å². The number of pyridine rings is 2. The average Bonchev–Trinajstić information content (AvgIpc) is 2.64. The maximum absolute atomic E-state index is 12.4. The molecule has 0 saturated carbocycles. The molecular formula is C20H16N4O. The molecule has 5 heteroatoms. The number of benzene rings is 2. The van der Waals surface area contributed by atoms with Gasteiger partial charge in [0.25, 0.3) is 0 Å². The van der Waals surface area contributed by atoms with Crippen LogP contribution in [0.3, 0.4) is 0 Å². The molecule has 0 radical (unpaired) electrons. The number of amides is 2. The second-order valence-electron chi connectivity index (χ2n) is 5.84. The smallest absolute Gasteiger partial charge is 0.308 e. The normalized spacial score (nSPS) is 10.8. The van der Waals surface area contributed by atoms with Gasteiger partial charge in [-0.15, -0.1) is 0 Å². The number of fused-ring (bicyclic) bond motifs is 3. The summed E-state index contributed by atoms with van der Waals surface area (Å²) >= 11 is 0. The van der Waals surface area contributed by atoms with Crippen molar-refractivity contribution in [1.82, 2.24) is 9.97 Å². The second kappa shape index (κ2) is 6.20. The SMILES string of the molecule is Cc1ccc(NC(=O)Nc2cc3cccnc3c3cccnc23)cc1. The van der Waals surface area contributed by atoms with Crippen molar-refractivity contribution in [3.05, 3.63) is 72.6 Å². The van der Waals surface area contributed by atoms with E-state index in [1.165, 1.54) is 0 Å². The lowest BCUT2D eigenvalue weighted by Gasteiger charge is -2.11. The average molecular weight is 328 g/mol. The molecule has 2 aromatic heterocycles. The van der Waals surface area contributed by atoms with Crippen LogP contribution in [-0.2, 0) is 0 Å². The van der Waals surface area contributed by atoms with Crippen LogP contribution >= 0.6 is 0 Å². The van der Waals surface area contributed by atoms with E-state index < -0.39 is 0 Å². The van der Waals surface area contributed by atoms with Crippen molar-refractivity contribution in [3.8, 4) is 0 Å². The molecule has 122 valence electrons. The summed E-state index contributed by atoms with van der Waals surface area (Å²) in [7, 11) is 0. The van der Waals surface area contributed by atoms with Gasteiger partial charge in [0.05, 0.1) is 16.7 Å². The quantitative estimate of drug-likeness (QED) is 0.522. The number of aryl methyl sites for hydroxylation is 1. The fourth-order valence-electron chi connectivity index (χ4n) is 2.81. The van der Waals surface area contributed by atoms with Crippen LogP contribution in [0, 0.1) is 6.92 Å². The van der Waals surface area contributed by atoms with Crippen molar-refractivity contribution in [1.29, 1.82) is 0 Å². The fraction of sp³-hybridized carbons (Fsp3) is 0.0500. The third-order valence-corrected chi connectivity index (χ3v) is 4.01. The van der Waals surface area contributed by atoms with Gasteiger partial charge in [-0.05, 0) is 43.3 Å². The number of nitrogens with one attached hydrogen (secondary N) is 2. The summed E-state index contributed by atoms with van der Waals surface area (Å²) < 4.78 is 0. The van der Waals surface area contributed by atoms with Gasteiger partial charge < -0.3 is 10.6 Å². The van der Waals surface area contributed by atoms with Crippen LogP contribution in [0.4, 0.5) is 16.2 Å². The molecule has 4 aromatic rings. The van der Waals surface area contributed by atoms with E-state index in [4.69, 9.17) is 0 Å². The van der Waals surface area contributed by atoms with Gasteiger partial charge >= 0.3 is 6.03 Å². The van der Waals surface area contributed by atoms with E-state index in [1.807, 2.05) is 61.5 Å². The summed E-state index contributed by atoms with van der Waals surface area (Å²) in [6, 6.07) is 16.9. The summed E-state index contributed by atoms with van der Waals surface area (Å²) in [4.78, 5) is 21.2. The van der Waals surface area contributed by atoms with Crippen LogP contribution in [-0.4, -0.2) is 16.0 Å². The minimum absolute atomic E-state index is 0.306. The molecule has 0 unspecified atom stereocenters. The molecule has 5 nitrogen and oxygen atoms in total. The number of carbonyl (C=O) groups excluding carboxylic acids is 1. The highest BCUT2D eigenvalue weighted by atomic mass is 16.2. The van der Waals surface area contributed by atoms with Crippen LogP contribution < -0.4 is 10.6 Å². The monoisotopic (exact) mass is 328 g/mol. The van der Waals surface area contributed by atoms with Gasteiger partial charge in [-0.3, -0.25) is 9.97 Å². The Hall–Kier alpha value is -3.47. The Morgan fingerprint density at radius 1 is 0.880 bits per heavy atom. The zero-order valence-corrected chi connectivity index (χ0v) is 13.7. The van der Waals surface area contributed by atoms with E-state index in [9.17, 15) is 4.79 Å². The highest BCUT2D eigenvalue weighted by Gasteiger charge is 2.11. The van der Waals surface area contributed by atoms with Gasteiger partial charge in [-0.2, -0.15) is 0 Å². The van der Waals surface area contributed by atoms with E-state index in [-0.39, 0.29) is 6.03 Å². The molecule has 25 heavy (non-hydrogen) atoms. The summed E-state index contributed by atoms with van der Waals surface area (Å²) in [5, 5.41) is 7.60. The van der Waals surface area contributed by atoms with Gasteiger partial charge in [-0.25, -0.2) is 4.79 Å². The molecule has 2 amide bonds. The van der Waals surface area contributed by atoms with Crippen LogP contribution in [0.2, 0.25) is 0 Å². The molecule has 0 aliphatic carbocycles. The van der Waals surface area contributed by atoms with Gasteiger partial charge in [0.1, 0.15) is 0 Å². The standard InChI is InChI=1S/C20H16N4O/c1-13-6-8-15(9-7-13)23-20(25)24-17-12-14-4-2-10-21-18(14)16-5-3-11-22-19(16)17/h2-12H,1H3,(H2,23,24,25). The highest BCUT2D eigenvalue weighted by molar-refractivity contribution is 6.13. The van der Waals surface area contributed by atoms with Crippen LogP contribution in [0.15, 0.2) is 67.0 Å². The molecule has 0 aliphatic rings. The Labute approximate surface area is 144 Å². The first kappa shape index (κ1) is 15.1. The molecule has 2 heterocycles. The van der Waals surface area contributed by atoms with Crippen molar-refractivity contribution in [2.45, 2.75) is 6.92 Å². The Bertz CT molecular complexity index is 1070. The molecule has 0 saturated heterocycles. The summed E-state index contributed by atoms with van der Waals surface area (Å²) in [6.45, 7) is 2.00. The molecule has 0 atom stereocenters. The van der Waals surface area contributed by atoms with Crippen molar-refractivity contribution in [2.24, 2.45) is 0 Å². The third kappa shape index (κ3) is 2.99. The van der Waals surface area contributed by atoms with Crippen LogP contribution in [0.25, 0.3) is 21.8 Å². The van der Waals surface area contributed by atoms with Gasteiger partial charge in [-0.1, -0.05) is 23.8 Å². The molecular weight excluding hydrogens is 312 g/mol. The second-order valence-corrected chi connectivity index (χ2v) is 5.84. The Morgan fingerprint density at radius 3 is 2.40 bits per heavy atom. The number of aromatic nitrogens is 2. The van der Waals surface area contributed by atoms with Crippen molar-refractivity contribution < 1.29 is 4.79 Å². The molecule has 0 bridgehead atoms. The van der Waals surface area contributed by atoms with E-state index in [0.29, 0.717) is 11.2 Å². The maximum atomic E-state index is 12.4. The first-order chi connectivity index (χ1) is 12.2. The number of hydrogen-bond acceptors (Lipinski definition) is 3. The molecule has 0 fully saturated rings. The zero-order chi connectivity index (χ0) is 17.2. The van der Waals surface area contributed by atoms with Gasteiger partial charge in [0.15, 0.2) is 0 Å². The van der Waals surface area contributed by atoms with E-state index in [1.54, 1.807) is 12.4 Å². The number of nitrogens with zero attached hydrogens (tertiary/aromatic N) is 2. The number of urea groups is 1. The van der Waals surface area contributed by atoms with Crippen LogP contribution in [0.5, 0.6) is 0 Å².